The summed E-state index contributed by atoms with van der Waals surface area (Å²) < 4.78 is 31.2. The Bertz CT molecular complexity index is 353. The fraction of sp³-hybridized carbons (Fsp3) is 1.00. The van der Waals surface area contributed by atoms with E-state index in [2.05, 4.69) is 5.32 Å². The molecule has 2 N–H and O–H groups in total. The van der Waals surface area contributed by atoms with Crippen LogP contribution >= 0.6 is 0 Å². The number of sulfonamides is 1. The van der Waals surface area contributed by atoms with Crippen molar-refractivity contribution in [3.63, 3.8) is 0 Å². The zero-order valence-electron chi connectivity index (χ0n) is 10.0. The molecule has 100 valence electrons. The van der Waals surface area contributed by atoms with E-state index in [4.69, 9.17) is 4.74 Å². The summed E-state index contributed by atoms with van der Waals surface area (Å²) in [5.41, 5.74) is 0. The van der Waals surface area contributed by atoms with E-state index in [1.807, 2.05) is 0 Å². The molecule has 2 heterocycles. The van der Waals surface area contributed by atoms with E-state index in [-0.39, 0.29) is 11.3 Å². The Labute approximate surface area is 102 Å². The summed E-state index contributed by atoms with van der Waals surface area (Å²) in [6.45, 7) is 1.98. The lowest BCUT2D eigenvalue weighted by atomic mass is 10.2. The van der Waals surface area contributed by atoms with Crippen LogP contribution in [-0.4, -0.2) is 68.6 Å². The van der Waals surface area contributed by atoms with Gasteiger partial charge in [0.05, 0.1) is 17.4 Å². The summed E-state index contributed by atoms with van der Waals surface area (Å²) in [7, 11) is -1.76. The zero-order valence-corrected chi connectivity index (χ0v) is 10.8. The van der Waals surface area contributed by atoms with Crippen LogP contribution in [-0.2, 0) is 14.8 Å². The molecule has 0 unspecified atom stereocenters. The van der Waals surface area contributed by atoms with Gasteiger partial charge in [-0.2, -0.15) is 4.31 Å². The third-order valence-electron chi connectivity index (χ3n) is 3.61. The normalized spacial score (nSPS) is 32.2. The van der Waals surface area contributed by atoms with E-state index >= 15 is 0 Å². The monoisotopic (exact) mass is 264 g/mol. The lowest BCUT2D eigenvalue weighted by Crippen LogP contribution is -2.48. The fourth-order valence-corrected chi connectivity index (χ4v) is 4.27. The van der Waals surface area contributed by atoms with Gasteiger partial charge < -0.3 is 15.2 Å². The van der Waals surface area contributed by atoms with Crippen LogP contribution in [0, 0.1) is 0 Å². The van der Waals surface area contributed by atoms with Gasteiger partial charge in [-0.25, -0.2) is 8.42 Å². The van der Waals surface area contributed by atoms with E-state index in [9.17, 15) is 13.5 Å². The zero-order chi connectivity index (χ0) is 12.5. The number of aliphatic hydroxyl groups excluding tert-OH is 1. The average Bonchev–Trinajstić information content (AvgIpc) is 2.75. The predicted octanol–water partition coefficient (Wildman–Crippen LogP) is -1.24. The third-order valence-corrected chi connectivity index (χ3v) is 6.00. The van der Waals surface area contributed by atoms with Crippen molar-refractivity contribution in [1.82, 2.24) is 9.62 Å². The van der Waals surface area contributed by atoms with Crippen molar-refractivity contribution in [2.45, 2.75) is 30.2 Å². The van der Waals surface area contributed by atoms with Crippen LogP contribution in [0.1, 0.15) is 12.8 Å². The Morgan fingerprint density at radius 2 is 1.94 bits per heavy atom. The number of aliphatic hydroxyl groups is 1. The van der Waals surface area contributed by atoms with Gasteiger partial charge >= 0.3 is 0 Å². The number of hydrogen-bond donors (Lipinski definition) is 2. The first-order valence-corrected chi connectivity index (χ1v) is 7.47. The first kappa shape index (κ1) is 13.2. The van der Waals surface area contributed by atoms with Crippen LogP contribution in [0.25, 0.3) is 0 Å². The Morgan fingerprint density at radius 1 is 1.29 bits per heavy atom. The standard InChI is InChI=1S/C10H20N2O4S/c1-12(9-6-11-7-10(9)13)17(14,15)8-2-4-16-5-3-8/h8-11,13H,2-7H2,1H3/t9-,10-/m1/s1. The molecule has 2 saturated heterocycles. The number of nitrogens with one attached hydrogen (secondary N) is 1. The molecule has 0 aromatic heterocycles. The molecule has 0 radical (unpaired) electrons. The van der Waals surface area contributed by atoms with Crippen molar-refractivity contribution in [2.75, 3.05) is 33.4 Å². The first-order chi connectivity index (χ1) is 8.03. The number of nitrogens with zero attached hydrogens (tertiary/aromatic N) is 1. The molecule has 2 aliphatic heterocycles. The van der Waals surface area contributed by atoms with Gasteiger partial charge in [-0.05, 0) is 12.8 Å². The maximum absolute atomic E-state index is 12.3. The van der Waals surface area contributed by atoms with Crippen molar-refractivity contribution < 1.29 is 18.3 Å². The second-order valence-corrected chi connectivity index (χ2v) is 6.94. The highest BCUT2D eigenvalue weighted by Crippen LogP contribution is 2.22. The second-order valence-electron chi connectivity index (χ2n) is 4.67. The highest BCUT2D eigenvalue weighted by molar-refractivity contribution is 7.89. The molecule has 0 spiro atoms. The van der Waals surface area contributed by atoms with E-state index < -0.39 is 16.1 Å². The van der Waals surface area contributed by atoms with Crippen LogP contribution < -0.4 is 5.32 Å². The van der Waals surface area contributed by atoms with Crippen LogP contribution in [0.3, 0.4) is 0 Å². The number of β-amino-alcohol motifs (C(OH)–C–C–N with tert-alkyl or cyclic N) is 1. The van der Waals surface area contributed by atoms with Gasteiger partial charge in [0.15, 0.2) is 0 Å². The molecule has 0 aromatic carbocycles. The van der Waals surface area contributed by atoms with Gasteiger partial charge in [0.1, 0.15) is 0 Å². The van der Waals surface area contributed by atoms with Gasteiger partial charge in [-0.1, -0.05) is 0 Å². The minimum Gasteiger partial charge on any atom is -0.390 e. The summed E-state index contributed by atoms with van der Waals surface area (Å²) in [4.78, 5) is 0. The lowest BCUT2D eigenvalue weighted by Gasteiger charge is -2.31. The number of rotatable bonds is 3. The summed E-state index contributed by atoms with van der Waals surface area (Å²) >= 11 is 0. The maximum Gasteiger partial charge on any atom is 0.217 e. The minimum atomic E-state index is -3.33. The molecule has 2 fully saturated rings. The van der Waals surface area contributed by atoms with E-state index in [0.717, 1.165) is 0 Å². The van der Waals surface area contributed by atoms with E-state index in [1.54, 1.807) is 7.05 Å². The SMILES string of the molecule is CN([C@@H]1CNC[C@H]1O)S(=O)(=O)C1CCOCC1. The van der Waals surface area contributed by atoms with Gasteiger partial charge in [0.25, 0.3) is 0 Å². The molecular formula is C10H20N2O4S. The lowest BCUT2D eigenvalue weighted by molar-refractivity contribution is 0.0953. The van der Waals surface area contributed by atoms with Crippen molar-refractivity contribution in [3.05, 3.63) is 0 Å². The highest BCUT2D eigenvalue weighted by Gasteiger charge is 2.39. The van der Waals surface area contributed by atoms with Crippen LogP contribution in [0.15, 0.2) is 0 Å². The Morgan fingerprint density at radius 3 is 2.47 bits per heavy atom. The third kappa shape index (κ3) is 2.63. The summed E-state index contributed by atoms with van der Waals surface area (Å²) in [5, 5.41) is 12.4. The summed E-state index contributed by atoms with van der Waals surface area (Å²) in [6, 6.07) is -0.345. The summed E-state index contributed by atoms with van der Waals surface area (Å²) in [6.07, 6.45) is 0.473. The minimum absolute atomic E-state index is 0.345. The largest absolute Gasteiger partial charge is 0.390 e. The van der Waals surface area contributed by atoms with Gasteiger partial charge in [-0.15, -0.1) is 0 Å². The smallest absolute Gasteiger partial charge is 0.217 e. The van der Waals surface area contributed by atoms with Crippen LogP contribution in [0.4, 0.5) is 0 Å². The molecule has 2 atom stereocenters. The van der Waals surface area contributed by atoms with Crippen molar-refractivity contribution in [1.29, 1.82) is 0 Å². The summed E-state index contributed by atoms with van der Waals surface area (Å²) in [5.74, 6) is 0. The fourth-order valence-electron chi connectivity index (χ4n) is 2.42. The molecule has 0 aromatic rings. The molecule has 17 heavy (non-hydrogen) atoms. The van der Waals surface area contributed by atoms with E-state index in [0.29, 0.717) is 39.1 Å². The number of likely N-dealkylation sites (N-methyl/N-ethyl adjacent to an activating group) is 1. The first-order valence-electron chi connectivity index (χ1n) is 5.97. The molecule has 2 rings (SSSR count). The topological polar surface area (TPSA) is 78.9 Å². The molecule has 0 bridgehead atoms. The average molecular weight is 264 g/mol. The maximum atomic E-state index is 12.3. The molecule has 0 amide bonds. The molecule has 6 nitrogen and oxygen atoms in total. The molecule has 2 aliphatic rings. The van der Waals surface area contributed by atoms with Gasteiger partial charge in [0.2, 0.25) is 10.0 Å². The number of ether oxygens (including phenoxy) is 1. The Hall–Kier alpha value is -0.210. The molecular weight excluding hydrogens is 244 g/mol. The van der Waals surface area contributed by atoms with Crippen LogP contribution in [0.2, 0.25) is 0 Å². The van der Waals surface area contributed by atoms with Crippen molar-refractivity contribution >= 4 is 10.0 Å². The second kappa shape index (κ2) is 5.19. The van der Waals surface area contributed by atoms with Gasteiger partial charge in [-0.3, -0.25) is 0 Å². The molecule has 0 aliphatic carbocycles. The molecule has 0 saturated carbocycles. The van der Waals surface area contributed by atoms with Crippen molar-refractivity contribution in [2.24, 2.45) is 0 Å². The quantitative estimate of drug-likeness (QED) is 0.666. The molecule has 7 heteroatoms. The predicted molar refractivity (Wildman–Crippen MR) is 63.2 cm³/mol. The van der Waals surface area contributed by atoms with Gasteiger partial charge in [0, 0.05) is 33.4 Å². The van der Waals surface area contributed by atoms with Crippen LogP contribution in [0.5, 0.6) is 0 Å². The Kier molecular flexibility index (Phi) is 4.04. The van der Waals surface area contributed by atoms with Crippen molar-refractivity contribution in [3.8, 4) is 0 Å². The number of hydrogen-bond acceptors (Lipinski definition) is 5. The van der Waals surface area contributed by atoms with E-state index in [1.165, 1.54) is 4.31 Å². The Balaban J connectivity index is 2.08. The highest BCUT2D eigenvalue weighted by atomic mass is 32.2.